The van der Waals surface area contributed by atoms with Gasteiger partial charge in [0.05, 0.1) is 6.04 Å². The molecule has 1 aliphatic rings. The molecule has 0 spiro atoms. The molecule has 5 nitrogen and oxygen atoms in total. The number of rotatable bonds is 7. The maximum absolute atomic E-state index is 12.7. The molecule has 152 valence electrons. The number of fused-ring (bicyclic) bond motifs is 1. The van der Waals surface area contributed by atoms with Crippen molar-refractivity contribution in [3.05, 3.63) is 77.2 Å². The first-order valence-corrected chi connectivity index (χ1v) is 12.0. The summed E-state index contributed by atoms with van der Waals surface area (Å²) in [5, 5.41) is 1.78. The summed E-state index contributed by atoms with van der Waals surface area (Å²) < 4.78 is 28.6. The number of anilines is 2. The summed E-state index contributed by atoms with van der Waals surface area (Å²) in [6.45, 7) is 1.19. The van der Waals surface area contributed by atoms with E-state index >= 15 is 0 Å². The van der Waals surface area contributed by atoms with E-state index in [1.54, 1.807) is 17.5 Å². The number of para-hydroxylation sites is 1. The second-order valence-electron chi connectivity index (χ2n) is 7.36. The summed E-state index contributed by atoms with van der Waals surface area (Å²) in [5.74, 6) is 0. The number of nitrogens with one attached hydrogen (secondary N) is 1. The quantitative estimate of drug-likeness (QED) is 0.621. The minimum atomic E-state index is -3.51. The largest absolute Gasteiger partial charge is 0.378 e. The lowest BCUT2D eigenvalue weighted by Crippen LogP contribution is -2.37. The summed E-state index contributed by atoms with van der Waals surface area (Å²) in [5.41, 5.74) is 4.71. The van der Waals surface area contributed by atoms with E-state index in [4.69, 9.17) is 0 Å². The van der Waals surface area contributed by atoms with Crippen LogP contribution in [0.4, 0.5) is 11.4 Å². The molecule has 4 rings (SSSR count). The number of hydrogen-bond acceptors (Lipinski definition) is 5. The Bertz CT molecular complexity index is 1060. The number of hydrogen-bond donors (Lipinski definition) is 1. The summed E-state index contributed by atoms with van der Waals surface area (Å²) in [4.78, 5) is 4.38. The van der Waals surface area contributed by atoms with Gasteiger partial charge in [-0.3, -0.25) is 0 Å². The van der Waals surface area contributed by atoms with Crippen LogP contribution in [-0.4, -0.2) is 35.6 Å². The lowest BCUT2D eigenvalue weighted by molar-refractivity contribution is 0.564. The van der Waals surface area contributed by atoms with E-state index in [0.29, 0.717) is 10.8 Å². The van der Waals surface area contributed by atoms with Gasteiger partial charge in [0.15, 0.2) is 0 Å². The van der Waals surface area contributed by atoms with Crippen molar-refractivity contribution in [1.82, 2.24) is 4.72 Å². The Kier molecular flexibility index (Phi) is 5.63. The first-order chi connectivity index (χ1) is 14.0. The highest BCUT2D eigenvalue weighted by Gasteiger charge is 2.28. The van der Waals surface area contributed by atoms with Crippen molar-refractivity contribution in [2.24, 2.45) is 0 Å². The zero-order valence-electron chi connectivity index (χ0n) is 16.6. The average Bonchev–Trinajstić information content (AvgIpc) is 3.39. The fourth-order valence-corrected chi connectivity index (χ4v) is 5.84. The van der Waals surface area contributed by atoms with Crippen LogP contribution < -0.4 is 14.5 Å². The molecule has 0 unspecified atom stereocenters. The van der Waals surface area contributed by atoms with E-state index in [1.165, 1.54) is 22.6 Å². The molecule has 0 saturated heterocycles. The molecule has 0 saturated carbocycles. The second kappa shape index (κ2) is 8.18. The summed E-state index contributed by atoms with van der Waals surface area (Å²) in [7, 11) is 0.510. The van der Waals surface area contributed by atoms with Crippen molar-refractivity contribution >= 4 is 32.7 Å². The maximum Gasteiger partial charge on any atom is 0.250 e. The van der Waals surface area contributed by atoms with Gasteiger partial charge in [-0.15, -0.1) is 11.3 Å². The van der Waals surface area contributed by atoms with Gasteiger partial charge < -0.3 is 9.80 Å². The van der Waals surface area contributed by atoms with Crippen molar-refractivity contribution in [3.8, 4) is 0 Å². The van der Waals surface area contributed by atoms with E-state index in [1.807, 2.05) is 20.2 Å². The minimum absolute atomic E-state index is 0.0791. The third-order valence-electron chi connectivity index (χ3n) is 5.32. The van der Waals surface area contributed by atoms with E-state index in [9.17, 15) is 8.42 Å². The number of thiophene rings is 1. The monoisotopic (exact) mass is 427 g/mol. The molecule has 7 heteroatoms. The SMILES string of the molecule is CN(C)c1ccc([C@@H](CNS(=O)(=O)c2cccs2)N2CCc3ccccc32)cc1. The molecule has 0 aliphatic carbocycles. The third-order valence-corrected chi connectivity index (χ3v) is 8.14. The minimum Gasteiger partial charge on any atom is -0.378 e. The van der Waals surface area contributed by atoms with Crippen molar-refractivity contribution < 1.29 is 8.42 Å². The summed E-state index contributed by atoms with van der Waals surface area (Å²) in [6, 6.07) is 20.0. The number of sulfonamides is 1. The highest BCUT2D eigenvalue weighted by atomic mass is 32.2. The van der Waals surface area contributed by atoms with Crippen LogP contribution >= 0.6 is 11.3 Å². The van der Waals surface area contributed by atoms with E-state index in [2.05, 4.69) is 57.0 Å². The van der Waals surface area contributed by atoms with E-state index in [-0.39, 0.29) is 6.04 Å². The zero-order chi connectivity index (χ0) is 20.4. The van der Waals surface area contributed by atoms with Crippen molar-refractivity contribution in [2.45, 2.75) is 16.7 Å². The van der Waals surface area contributed by atoms with Crippen LogP contribution in [0.1, 0.15) is 17.2 Å². The summed E-state index contributed by atoms with van der Waals surface area (Å²) >= 11 is 1.23. The lowest BCUT2D eigenvalue weighted by atomic mass is 10.0. The predicted molar refractivity (Wildman–Crippen MR) is 121 cm³/mol. The molecule has 3 aromatic rings. The summed E-state index contributed by atoms with van der Waals surface area (Å²) in [6.07, 6.45) is 0.972. The van der Waals surface area contributed by atoms with Crippen LogP contribution in [0.3, 0.4) is 0 Å². The van der Waals surface area contributed by atoms with Crippen LogP contribution in [0, 0.1) is 0 Å². The third kappa shape index (κ3) is 4.17. The molecule has 0 bridgehead atoms. The maximum atomic E-state index is 12.7. The van der Waals surface area contributed by atoms with Gasteiger partial charge in [-0.25, -0.2) is 13.1 Å². The van der Waals surface area contributed by atoms with Crippen molar-refractivity contribution in [3.63, 3.8) is 0 Å². The fraction of sp³-hybridized carbons (Fsp3) is 0.273. The van der Waals surface area contributed by atoms with Gasteiger partial charge in [-0.2, -0.15) is 0 Å². The van der Waals surface area contributed by atoms with Crippen molar-refractivity contribution in [1.29, 1.82) is 0 Å². The molecule has 0 radical (unpaired) electrons. The highest BCUT2D eigenvalue weighted by Crippen LogP contribution is 2.35. The van der Waals surface area contributed by atoms with Crippen LogP contribution in [0.2, 0.25) is 0 Å². The molecule has 1 N–H and O–H groups in total. The molecular weight excluding hydrogens is 402 g/mol. The molecule has 2 heterocycles. The number of nitrogens with zero attached hydrogens (tertiary/aromatic N) is 2. The molecule has 1 aromatic heterocycles. The molecule has 2 aromatic carbocycles. The van der Waals surface area contributed by atoms with Gasteiger partial charge in [0.25, 0.3) is 0 Å². The van der Waals surface area contributed by atoms with Gasteiger partial charge in [-0.05, 0) is 47.2 Å². The Balaban J connectivity index is 1.64. The standard InChI is InChI=1S/C22H25N3O2S2/c1-24(2)19-11-9-18(10-12-19)21(16-23-29(26,27)22-8-5-15-28-22)25-14-13-17-6-3-4-7-20(17)25/h3-12,15,21,23H,13-14,16H2,1-2H3/t21-/m1/s1. The Hall–Kier alpha value is -2.35. The second-order valence-corrected chi connectivity index (χ2v) is 10.3. The molecule has 1 atom stereocenters. The molecule has 1 aliphatic heterocycles. The van der Waals surface area contributed by atoms with Gasteiger partial charge >= 0.3 is 0 Å². The first kappa shape index (κ1) is 19.9. The molecular formula is C22H25N3O2S2. The Morgan fingerprint density at radius 1 is 1.07 bits per heavy atom. The Labute approximate surface area is 176 Å². The van der Waals surface area contributed by atoms with Gasteiger partial charge in [0.1, 0.15) is 4.21 Å². The number of benzene rings is 2. The van der Waals surface area contributed by atoms with E-state index in [0.717, 1.165) is 24.2 Å². The van der Waals surface area contributed by atoms with Crippen LogP contribution in [0.5, 0.6) is 0 Å². The Morgan fingerprint density at radius 3 is 2.52 bits per heavy atom. The van der Waals surface area contributed by atoms with Crippen LogP contribution in [0.25, 0.3) is 0 Å². The molecule has 0 fully saturated rings. The first-order valence-electron chi connectivity index (χ1n) is 9.61. The normalized spacial score (nSPS) is 14.6. The molecule has 0 amide bonds. The lowest BCUT2D eigenvalue weighted by Gasteiger charge is -2.31. The van der Waals surface area contributed by atoms with Gasteiger partial charge in [-0.1, -0.05) is 36.4 Å². The van der Waals surface area contributed by atoms with Crippen LogP contribution in [-0.2, 0) is 16.4 Å². The fourth-order valence-electron chi connectivity index (χ4n) is 3.77. The van der Waals surface area contributed by atoms with Gasteiger partial charge in [0.2, 0.25) is 10.0 Å². The Morgan fingerprint density at radius 2 is 1.83 bits per heavy atom. The predicted octanol–water partition coefficient (Wildman–Crippen LogP) is 3.90. The van der Waals surface area contributed by atoms with Gasteiger partial charge in [0, 0.05) is 38.6 Å². The zero-order valence-corrected chi connectivity index (χ0v) is 18.2. The molecule has 29 heavy (non-hydrogen) atoms. The topological polar surface area (TPSA) is 52.7 Å². The van der Waals surface area contributed by atoms with E-state index < -0.39 is 10.0 Å². The smallest absolute Gasteiger partial charge is 0.250 e. The average molecular weight is 428 g/mol. The van der Waals surface area contributed by atoms with Crippen molar-refractivity contribution in [2.75, 3.05) is 37.0 Å². The highest BCUT2D eigenvalue weighted by molar-refractivity contribution is 7.91. The van der Waals surface area contributed by atoms with Crippen LogP contribution in [0.15, 0.2) is 70.3 Å².